The zero-order chi connectivity index (χ0) is 18.7. The van der Waals surface area contributed by atoms with E-state index in [1.165, 1.54) is 35.7 Å². The van der Waals surface area contributed by atoms with Crippen LogP contribution in [0.25, 0.3) is 11.3 Å². The highest BCUT2D eigenvalue weighted by Crippen LogP contribution is 2.24. The van der Waals surface area contributed by atoms with Gasteiger partial charge in [-0.3, -0.25) is 14.8 Å². The van der Waals surface area contributed by atoms with E-state index in [4.69, 9.17) is 5.11 Å². The van der Waals surface area contributed by atoms with Crippen molar-refractivity contribution >= 4 is 17.8 Å². The van der Waals surface area contributed by atoms with Crippen LogP contribution in [-0.4, -0.2) is 45.4 Å². The van der Waals surface area contributed by atoms with E-state index in [0.29, 0.717) is 5.82 Å². The van der Waals surface area contributed by atoms with Crippen LogP contribution in [0.2, 0.25) is 0 Å². The number of aryl methyl sites for hydroxylation is 1. The van der Waals surface area contributed by atoms with Gasteiger partial charge in [0.1, 0.15) is 17.5 Å². The molecular formula is C16H18F2N4O3. The van der Waals surface area contributed by atoms with Gasteiger partial charge in [0.2, 0.25) is 0 Å². The zero-order valence-electron chi connectivity index (χ0n) is 14.0. The quantitative estimate of drug-likeness (QED) is 0.866. The molecular weight excluding hydrogens is 334 g/mol. The van der Waals surface area contributed by atoms with E-state index < -0.39 is 29.6 Å². The van der Waals surface area contributed by atoms with Crippen LogP contribution >= 0.6 is 0 Å². The maximum atomic E-state index is 13.8. The number of aromatic nitrogens is 2. The first kappa shape index (κ1) is 18.4. The van der Waals surface area contributed by atoms with Gasteiger partial charge in [-0.2, -0.15) is 5.10 Å². The number of benzene rings is 1. The van der Waals surface area contributed by atoms with Crippen LogP contribution in [0.3, 0.4) is 0 Å². The molecule has 0 saturated carbocycles. The number of urea groups is 1. The molecule has 1 aromatic heterocycles. The van der Waals surface area contributed by atoms with Crippen molar-refractivity contribution in [3.8, 4) is 11.3 Å². The second kappa shape index (κ2) is 7.29. The maximum absolute atomic E-state index is 13.8. The Labute approximate surface area is 142 Å². The Morgan fingerprint density at radius 3 is 2.64 bits per heavy atom. The molecule has 0 saturated heterocycles. The number of aliphatic carboxylic acids is 1. The first-order chi connectivity index (χ1) is 11.7. The number of rotatable bonds is 5. The van der Waals surface area contributed by atoms with E-state index >= 15 is 0 Å². The van der Waals surface area contributed by atoms with Crippen molar-refractivity contribution in [3.63, 3.8) is 0 Å². The number of carbonyl (C=O) groups excluding carboxylic acids is 1. The van der Waals surface area contributed by atoms with Crippen molar-refractivity contribution in [1.29, 1.82) is 0 Å². The fourth-order valence-corrected chi connectivity index (χ4v) is 2.19. The van der Waals surface area contributed by atoms with Gasteiger partial charge >= 0.3 is 12.0 Å². The average Bonchev–Trinajstić information content (AvgIpc) is 2.87. The van der Waals surface area contributed by atoms with Gasteiger partial charge in [0.15, 0.2) is 0 Å². The van der Waals surface area contributed by atoms with E-state index in [1.807, 2.05) is 0 Å². The van der Waals surface area contributed by atoms with E-state index in [1.54, 1.807) is 7.05 Å². The average molecular weight is 352 g/mol. The highest BCUT2D eigenvalue weighted by molar-refractivity contribution is 5.89. The Morgan fingerprint density at radius 1 is 1.36 bits per heavy atom. The van der Waals surface area contributed by atoms with Crippen molar-refractivity contribution in [2.24, 2.45) is 13.0 Å². The Kier molecular flexibility index (Phi) is 5.35. The van der Waals surface area contributed by atoms with Crippen molar-refractivity contribution in [2.75, 3.05) is 18.9 Å². The fourth-order valence-electron chi connectivity index (χ4n) is 2.19. The summed E-state index contributed by atoms with van der Waals surface area (Å²) in [7, 11) is 3.02. The third kappa shape index (κ3) is 4.31. The van der Waals surface area contributed by atoms with Crippen molar-refractivity contribution < 1.29 is 23.5 Å². The number of carboxylic acid groups (broad SMARTS) is 1. The molecule has 7 nitrogen and oxygen atoms in total. The van der Waals surface area contributed by atoms with E-state index in [0.717, 1.165) is 12.1 Å². The summed E-state index contributed by atoms with van der Waals surface area (Å²) in [5.41, 5.74) is 0.335. The molecule has 0 radical (unpaired) electrons. The molecule has 2 rings (SSSR count). The summed E-state index contributed by atoms with van der Waals surface area (Å²) in [6.45, 7) is 1.52. The highest BCUT2D eigenvalue weighted by Gasteiger charge is 2.19. The standard InChI is InChI=1S/C16H18F2N4O3/c1-9(15(23)24)8-21(2)16(25)19-14-7-13(20-22(14)3)11-5-4-10(17)6-12(11)18/h4-7,9H,8H2,1-3H3,(H,19,25)(H,23,24). The van der Waals surface area contributed by atoms with Gasteiger partial charge in [0.05, 0.1) is 11.6 Å². The summed E-state index contributed by atoms with van der Waals surface area (Å²) >= 11 is 0. The number of carbonyl (C=O) groups is 2. The van der Waals surface area contributed by atoms with Crippen LogP contribution in [0.1, 0.15) is 6.92 Å². The first-order valence-corrected chi connectivity index (χ1v) is 7.43. The van der Waals surface area contributed by atoms with E-state index in [9.17, 15) is 18.4 Å². The van der Waals surface area contributed by atoms with Gasteiger partial charge in [-0.05, 0) is 12.1 Å². The molecule has 0 aliphatic heterocycles. The topological polar surface area (TPSA) is 87.5 Å². The van der Waals surface area contributed by atoms with Gasteiger partial charge in [-0.15, -0.1) is 0 Å². The molecule has 1 aromatic carbocycles. The zero-order valence-corrected chi connectivity index (χ0v) is 14.0. The molecule has 0 aliphatic carbocycles. The maximum Gasteiger partial charge on any atom is 0.322 e. The molecule has 2 aromatic rings. The van der Waals surface area contributed by atoms with Crippen LogP contribution in [0.4, 0.5) is 19.4 Å². The lowest BCUT2D eigenvalue weighted by atomic mass is 10.1. The molecule has 2 N–H and O–H groups in total. The number of halogens is 2. The second-order valence-corrected chi connectivity index (χ2v) is 5.71. The van der Waals surface area contributed by atoms with Crippen LogP contribution < -0.4 is 5.32 Å². The molecule has 25 heavy (non-hydrogen) atoms. The number of hydrogen-bond acceptors (Lipinski definition) is 3. The fraction of sp³-hybridized carbons (Fsp3) is 0.312. The molecule has 1 unspecified atom stereocenters. The molecule has 0 spiro atoms. The minimum Gasteiger partial charge on any atom is -0.481 e. The Balaban J connectivity index is 2.15. The number of anilines is 1. The number of carboxylic acids is 1. The van der Waals surface area contributed by atoms with Crippen molar-refractivity contribution in [1.82, 2.24) is 14.7 Å². The van der Waals surface area contributed by atoms with E-state index in [2.05, 4.69) is 10.4 Å². The molecule has 134 valence electrons. The minimum absolute atomic E-state index is 0.0263. The molecule has 1 heterocycles. The number of amides is 2. The molecule has 0 bridgehead atoms. The summed E-state index contributed by atoms with van der Waals surface area (Å²) < 4.78 is 28.2. The third-order valence-corrected chi connectivity index (χ3v) is 3.64. The Hall–Kier alpha value is -2.97. The highest BCUT2D eigenvalue weighted by atomic mass is 19.1. The van der Waals surface area contributed by atoms with Gasteiger partial charge in [0, 0.05) is 38.3 Å². The summed E-state index contributed by atoms with van der Waals surface area (Å²) in [5.74, 6) is -2.89. The van der Waals surface area contributed by atoms with Crippen molar-refractivity contribution in [3.05, 3.63) is 35.9 Å². The molecule has 2 amide bonds. The Morgan fingerprint density at radius 2 is 2.04 bits per heavy atom. The molecule has 9 heteroatoms. The predicted molar refractivity (Wildman–Crippen MR) is 87.0 cm³/mol. The van der Waals surface area contributed by atoms with Crippen LogP contribution in [0.5, 0.6) is 0 Å². The van der Waals surface area contributed by atoms with Gasteiger partial charge in [0.25, 0.3) is 0 Å². The van der Waals surface area contributed by atoms with Crippen LogP contribution in [0, 0.1) is 17.6 Å². The molecule has 1 atom stereocenters. The largest absolute Gasteiger partial charge is 0.481 e. The van der Waals surface area contributed by atoms with E-state index in [-0.39, 0.29) is 17.8 Å². The minimum atomic E-state index is -1.01. The summed E-state index contributed by atoms with van der Waals surface area (Å²) in [6, 6.07) is 4.06. The van der Waals surface area contributed by atoms with Crippen LogP contribution in [-0.2, 0) is 11.8 Å². The number of nitrogens with zero attached hydrogens (tertiary/aromatic N) is 3. The molecule has 0 aliphatic rings. The molecule has 0 fully saturated rings. The van der Waals surface area contributed by atoms with Crippen LogP contribution in [0.15, 0.2) is 24.3 Å². The second-order valence-electron chi connectivity index (χ2n) is 5.71. The van der Waals surface area contributed by atoms with Crippen molar-refractivity contribution in [2.45, 2.75) is 6.92 Å². The summed E-state index contributed by atoms with van der Waals surface area (Å²) in [4.78, 5) is 24.2. The lowest BCUT2D eigenvalue weighted by Gasteiger charge is -2.19. The summed E-state index contributed by atoms with van der Waals surface area (Å²) in [6.07, 6.45) is 0. The lowest BCUT2D eigenvalue weighted by Crippen LogP contribution is -2.37. The predicted octanol–water partition coefficient (Wildman–Crippen LogP) is 2.55. The van der Waals surface area contributed by atoms with Gasteiger partial charge in [-0.1, -0.05) is 6.92 Å². The Bertz CT molecular complexity index is 807. The van der Waals surface area contributed by atoms with Gasteiger partial charge in [-0.25, -0.2) is 13.6 Å². The third-order valence-electron chi connectivity index (χ3n) is 3.64. The first-order valence-electron chi connectivity index (χ1n) is 7.43. The summed E-state index contributed by atoms with van der Waals surface area (Å²) in [5, 5.41) is 15.6. The monoisotopic (exact) mass is 352 g/mol. The number of nitrogens with one attached hydrogen (secondary N) is 1. The smallest absolute Gasteiger partial charge is 0.322 e. The normalized spacial score (nSPS) is 11.9. The lowest BCUT2D eigenvalue weighted by molar-refractivity contribution is -0.141. The van der Waals surface area contributed by atoms with Gasteiger partial charge < -0.3 is 10.0 Å². The SMILES string of the molecule is CC(CN(C)C(=O)Nc1cc(-c2ccc(F)cc2F)nn1C)C(=O)O. The number of hydrogen-bond donors (Lipinski definition) is 2.